The van der Waals surface area contributed by atoms with Crippen molar-refractivity contribution in [1.82, 2.24) is 15.1 Å². The van der Waals surface area contributed by atoms with Gasteiger partial charge in [-0.2, -0.15) is 5.10 Å². The predicted octanol–water partition coefficient (Wildman–Crippen LogP) is 2.99. The first-order chi connectivity index (χ1) is 9.70. The fraction of sp³-hybridized carbons (Fsp3) is 0.471. The van der Waals surface area contributed by atoms with Gasteiger partial charge < -0.3 is 5.32 Å². The Labute approximate surface area is 121 Å². The summed E-state index contributed by atoms with van der Waals surface area (Å²) in [5, 5.41) is 7.94. The number of nitrogens with zero attached hydrogens (tertiary/aromatic N) is 2. The minimum atomic E-state index is 0.861. The van der Waals surface area contributed by atoms with Crippen molar-refractivity contribution >= 4 is 0 Å². The van der Waals surface area contributed by atoms with E-state index >= 15 is 0 Å². The van der Waals surface area contributed by atoms with Crippen LogP contribution in [0.25, 0.3) is 11.3 Å². The predicted molar refractivity (Wildman–Crippen MR) is 82.8 cm³/mol. The van der Waals surface area contributed by atoms with Crippen molar-refractivity contribution in [1.29, 1.82) is 0 Å². The molecule has 0 spiro atoms. The Bertz CT molecular complexity index is 625. The van der Waals surface area contributed by atoms with E-state index in [1.54, 1.807) is 0 Å². The smallest absolute Gasteiger partial charge is 0.0955 e. The quantitative estimate of drug-likeness (QED) is 0.928. The summed E-state index contributed by atoms with van der Waals surface area (Å²) in [6, 6.07) is 6.89. The lowest BCUT2D eigenvalue weighted by Crippen LogP contribution is -2.10. The maximum atomic E-state index is 4.72. The number of aryl methyl sites for hydroxylation is 3. The Hall–Kier alpha value is -1.61. The Kier molecular flexibility index (Phi) is 3.62. The fourth-order valence-corrected chi connectivity index (χ4v) is 3.23. The molecule has 0 atom stereocenters. The van der Waals surface area contributed by atoms with Gasteiger partial charge in [0.1, 0.15) is 0 Å². The number of hydrogen-bond donors (Lipinski definition) is 1. The number of fused-ring (bicyclic) bond motifs is 1. The highest BCUT2D eigenvalue weighted by Gasteiger charge is 2.15. The highest BCUT2D eigenvalue weighted by atomic mass is 15.3. The molecule has 20 heavy (non-hydrogen) atoms. The van der Waals surface area contributed by atoms with Gasteiger partial charge in [-0.15, -0.1) is 0 Å². The van der Waals surface area contributed by atoms with Gasteiger partial charge in [0.2, 0.25) is 0 Å². The SMILES string of the molecule is CNCc1c(C)c(-c2ccc3c(c2)CCCC3)nn1C. The standard InChI is InChI=1S/C17H23N3/c1-12-16(11-18-2)20(3)19-17(12)15-9-8-13-6-4-5-7-14(13)10-15/h8-10,18H,4-7,11H2,1-3H3. The molecular formula is C17H23N3. The summed E-state index contributed by atoms with van der Waals surface area (Å²) < 4.78 is 2.00. The van der Waals surface area contributed by atoms with Gasteiger partial charge in [-0.3, -0.25) is 4.68 Å². The first kappa shape index (κ1) is 13.4. The summed E-state index contributed by atoms with van der Waals surface area (Å²) in [6.45, 7) is 3.04. The molecule has 1 aromatic carbocycles. The van der Waals surface area contributed by atoms with Crippen molar-refractivity contribution in [2.75, 3.05) is 7.05 Å². The summed E-state index contributed by atoms with van der Waals surface area (Å²) in [5.74, 6) is 0. The number of aromatic nitrogens is 2. The molecule has 0 fully saturated rings. The van der Waals surface area contributed by atoms with Crippen LogP contribution in [0.5, 0.6) is 0 Å². The van der Waals surface area contributed by atoms with E-state index in [1.807, 2.05) is 18.8 Å². The molecule has 0 saturated carbocycles. The second-order valence-corrected chi connectivity index (χ2v) is 5.76. The maximum absolute atomic E-state index is 4.72. The summed E-state index contributed by atoms with van der Waals surface area (Å²) in [5.41, 5.74) is 8.00. The summed E-state index contributed by atoms with van der Waals surface area (Å²) in [7, 11) is 4.01. The molecule has 0 amide bonds. The third kappa shape index (κ3) is 2.27. The van der Waals surface area contributed by atoms with E-state index in [2.05, 4.69) is 30.4 Å². The monoisotopic (exact) mass is 269 g/mol. The van der Waals surface area contributed by atoms with E-state index in [0.717, 1.165) is 12.2 Å². The second-order valence-electron chi connectivity index (χ2n) is 5.76. The summed E-state index contributed by atoms with van der Waals surface area (Å²) >= 11 is 0. The van der Waals surface area contributed by atoms with Gasteiger partial charge in [0.25, 0.3) is 0 Å². The van der Waals surface area contributed by atoms with Crippen molar-refractivity contribution in [3.63, 3.8) is 0 Å². The number of nitrogens with one attached hydrogen (secondary N) is 1. The van der Waals surface area contributed by atoms with Gasteiger partial charge in [0.15, 0.2) is 0 Å². The van der Waals surface area contributed by atoms with Gasteiger partial charge in [-0.05, 0) is 62.4 Å². The molecule has 0 unspecified atom stereocenters. The zero-order valence-electron chi connectivity index (χ0n) is 12.7. The summed E-state index contributed by atoms with van der Waals surface area (Å²) in [6.07, 6.45) is 5.12. The Morgan fingerprint density at radius 1 is 1.20 bits per heavy atom. The van der Waals surface area contributed by atoms with Gasteiger partial charge in [0, 0.05) is 19.2 Å². The molecule has 3 heteroatoms. The number of benzene rings is 1. The van der Waals surface area contributed by atoms with Gasteiger partial charge in [-0.25, -0.2) is 0 Å². The van der Waals surface area contributed by atoms with E-state index in [0.29, 0.717) is 0 Å². The lowest BCUT2D eigenvalue weighted by molar-refractivity contribution is 0.670. The Balaban J connectivity index is 2.03. The van der Waals surface area contributed by atoms with Crippen LogP contribution in [-0.4, -0.2) is 16.8 Å². The highest BCUT2D eigenvalue weighted by molar-refractivity contribution is 5.65. The van der Waals surface area contributed by atoms with Crippen molar-refractivity contribution in [2.45, 2.75) is 39.2 Å². The number of hydrogen-bond acceptors (Lipinski definition) is 2. The molecule has 0 radical (unpaired) electrons. The summed E-state index contributed by atoms with van der Waals surface area (Å²) in [4.78, 5) is 0. The molecule has 1 aromatic heterocycles. The van der Waals surface area contributed by atoms with E-state index in [9.17, 15) is 0 Å². The molecule has 1 aliphatic rings. The van der Waals surface area contributed by atoms with Crippen LogP contribution >= 0.6 is 0 Å². The first-order valence-electron chi connectivity index (χ1n) is 7.50. The molecule has 3 rings (SSSR count). The van der Waals surface area contributed by atoms with Crippen molar-refractivity contribution in [3.05, 3.63) is 40.6 Å². The van der Waals surface area contributed by atoms with E-state index in [-0.39, 0.29) is 0 Å². The van der Waals surface area contributed by atoms with E-state index in [1.165, 1.54) is 53.6 Å². The van der Waals surface area contributed by atoms with E-state index in [4.69, 9.17) is 5.10 Å². The number of rotatable bonds is 3. The molecule has 2 aromatic rings. The first-order valence-corrected chi connectivity index (χ1v) is 7.50. The van der Waals surface area contributed by atoms with Crippen molar-refractivity contribution in [3.8, 4) is 11.3 Å². The molecule has 0 saturated heterocycles. The minimum Gasteiger partial charge on any atom is -0.314 e. The molecule has 0 aliphatic heterocycles. The van der Waals surface area contributed by atoms with Crippen LogP contribution in [0.1, 0.15) is 35.2 Å². The average molecular weight is 269 g/mol. The molecular weight excluding hydrogens is 246 g/mol. The van der Waals surface area contributed by atoms with Crippen LogP contribution in [0.4, 0.5) is 0 Å². The third-order valence-electron chi connectivity index (χ3n) is 4.39. The highest BCUT2D eigenvalue weighted by Crippen LogP contribution is 2.29. The van der Waals surface area contributed by atoms with E-state index < -0.39 is 0 Å². The molecule has 1 N–H and O–H groups in total. The van der Waals surface area contributed by atoms with Crippen molar-refractivity contribution < 1.29 is 0 Å². The van der Waals surface area contributed by atoms with Crippen LogP contribution in [0.3, 0.4) is 0 Å². The third-order valence-corrected chi connectivity index (χ3v) is 4.39. The normalized spacial score (nSPS) is 14.3. The average Bonchev–Trinajstić information content (AvgIpc) is 2.75. The zero-order valence-corrected chi connectivity index (χ0v) is 12.7. The molecule has 0 bridgehead atoms. The van der Waals surface area contributed by atoms with Gasteiger partial charge >= 0.3 is 0 Å². The maximum Gasteiger partial charge on any atom is 0.0955 e. The topological polar surface area (TPSA) is 29.9 Å². The van der Waals surface area contributed by atoms with Crippen LogP contribution in [0, 0.1) is 6.92 Å². The Morgan fingerprint density at radius 2 is 1.95 bits per heavy atom. The lowest BCUT2D eigenvalue weighted by atomic mass is 9.89. The second kappa shape index (κ2) is 5.41. The van der Waals surface area contributed by atoms with Crippen LogP contribution in [0.2, 0.25) is 0 Å². The van der Waals surface area contributed by atoms with Crippen molar-refractivity contribution in [2.24, 2.45) is 7.05 Å². The molecule has 1 heterocycles. The minimum absolute atomic E-state index is 0.861. The van der Waals surface area contributed by atoms with Gasteiger partial charge in [0.05, 0.1) is 11.4 Å². The van der Waals surface area contributed by atoms with Crippen LogP contribution in [0.15, 0.2) is 18.2 Å². The lowest BCUT2D eigenvalue weighted by Gasteiger charge is -2.16. The largest absolute Gasteiger partial charge is 0.314 e. The van der Waals surface area contributed by atoms with Crippen LogP contribution < -0.4 is 5.32 Å². The molecule has 1 aliphatic carbocycles. The molecule has 3 nitrogen and oxygen atoms in total. The fourth-order valence-electron chi connectivity index (χ4n) is 3.23. The van der Waals surface area contributed by atoms with Gasteiger partial charge in [-0.1, -0.05) is 12.1 Å². The molecule has 106 valence electrons. The Morgan fingerprint density at radius 3 is 2.70 bits per heavy atom. The van der Waals surface area contributed by atoms with Crippen LogP contribution in [-0.2, 0) is 26.4 Å². The zero-order chi connectivity index (χ0) is 14.1.